The molecule has 5 heteroatoms. The summed E-state index contributed by atoms with van der Waals surface area (Å²) in [7, 11) is 0. The quantitative estimate of drug-likeness (QED) is 0.793. The van der Waals surface area contributed by atoms with Crippen molar-refractivity contribution in [3.05, 3.63) is 35.4 Å². The number of benzene rings is 1. The Morgan fingerprint density at radius 1 is 1.17 bits per heavy atom. The van der Waals surface area contributed by atoms with Crippen molar-refractivity contribution in [1.82, 2.24) is 15.5 Å². The van der Waals surface area contributed by atoms with E-state index in [0.717, 1.165) is 32.5 Å². The van der Waals surface area contributed by atoms with Crippen LogP contribution in [0.25, 0.3) is 0 Å². The maximum Gasteiger partial charge on any atom is 0.223 e. The van der Waals surface area contributed by atoms with Gasteiger partial charge in [-0.1, -0.05) is 31.2 Å². The molecule has 0 saturated heterocycles. The van der Waals surface area contributed by atoms with Crippen molar-refractivity contribution in [2.24, 2.45) is 11.8 Å². The molecule has 1 heterocycles. The standard InChI is InChI=1S/C19H27N3O2/c1-14-12-17(14)19(24)21-8-6-18(23)20-9-11-22-10-7-15-4-2-3-5-16(15)13-22/h2-5,14,17H,6-13H2,1H3,(H,20,23)(H,21,24). The van der Waals surface area contributed by atoms with Crippen LogP contribution in [0.4, 0.5) is 0 Å². The minimum absolute atomic E-state index is 0.0107. The van der Waals surface area contributed by atoms with Crippen LogP contribution >= 0.6 is 0 Å². The van der Waals surface area contributed by atoms with E-state index in [2.05, 4.69) is 46.7 Å². The highest BCUT2D eigenvalue weighted by Gasteiger charge is 2.38. The van der Waals surface area contributed by atoms with Crippen molar-refractivity contribution in [1.29, 1.82) is 0 Å². The molecular weight excluding hydrogens is 302 g/mol. The second kappa shape index (κ2) is 7.79. The third kappa shape index (κ3) is 4.57. The van der Waals surface area contributed by atoms with Gasteiger partial charge in [0.25, 0.3) is 0 Å². The van der Waals surface area contributed by atoms with Gasteiger partial charge in [-0.05, 0) is 29.9 Å². The number of nitrogens with zero attached hydrogens (tertiary/aromatic N) is 1. The summed E-state index contributed by atoms with van der Waals surface area (Å²) in [4.78, 5) is 25.9. The highest BCUT2D eigenvalue weighted by molar-refractivity contribution is 5.82. The summed E-state index contributed by atoms with van der Waals surface area (Å²) in [5.41, 5.74) is 2.84. The molecule has 1 fully saturated rings. The zero-order chi connectivity index (χ0) is 16.9. The third-order valence-corrected chi connectivity index (χ3v) is 5.06. The lowest BCUT2D eigenvalue weighted by molar-refractivity contribution is -0.123. The number of hydrogen-bond donors (Lipinski definition) is 2. The average Bonchev–Trinajstić information content (AvgIpc) is 3.31. The van der Waals surface area contributed by atoms with E-state index in [1.54, 1.807) is 0 Å². The van der Waals surface area contributed by atoms with E-state index >= 15 is 0 Å². The highest BCUT2D eigenvalue weighted by Crippen LogP contribution is 2.37. The van der Waals surface area contributed by atoms with Crippen molar-refractivity contribution < 1.29 is 9.59 Å². The molecule has 1 aliphatic heterocycles. The lowest BCUT2D eigenvalue weighted by atomic mass is 10.00. The fourth-order valence-corrected chi connectivity index (χ4v) is 3.30. The van der Waals surface area contributed by atoms with Crippen LogP contribution in [0.15, 0.2) is 24.3 Å². The summed E-state index contributed by atoms with van der Waals surface area (Å²) in [6.07, 6.45) is 2.42. The first kappa shape index (κ1) is 17.0. The van der Waals surface area contributed by atoms with Crippen LogP contribution in [-0.2, 0) is 22.6 Å². The number of hydrogen-bond acceptors (Lipinski definition) is 3. The number of rotatable bonds is 7. The topological polar surface area (TPSA) is 61.4 Å². The van der Waals surface area contributed by atoms with Crippen LogP contribution in [0.1, 0.15) is 30.9 Å². The first-order valence-corrected chi connectivity index (χ1v) is 8.97. The zero-order valence-corrected chi connectivity index (χ0v) is 14.4. The van der Waals surface area contributed by atoms with E-state index < -0.39 is 0 Å². The molecule has 1 aliphatic carbocycles. The smallest absolute Gasteiger partial charge is 0.223 e. The molecule has 1 saturated carbocycles. The maximum atomic E-state index is 11.8. The van der Waals surface area contributed by atoms with Crippen molar-refractivity contribution in [3.63, 3.8) is 0 Å². The van der Waals surface area contributed by atoms with E-state index in [9.17, 15) is 9.59 Å². The third-order valence-electron chi connectivity index (χ3n) is 5.06. The van der Waals surface area contributed by atoms with Gasteiger partial charge in [-0.2, -0.15) is 0 Å². The Bertz CT molecular complexity index is 602. The number of fused-ring (bicyclic) bond motifs is 1. The Morgan fingerprint density at radius 3 is 2.67 bits per heavy atom. The van der Waals surface area contributed by atoms with Gasteiger partial charge in [-0.3, -0.25) is 14.5 Å². The molecule has 2 amide bonds. The molecule has 2 aliphatic rings. The normalized spacial score (nSPS) is 22.5. The molecular formula is C19H27N3O2. The molecule has 1 aromatic carbocycles. The monoisotopic (exact) mass is 329 g/mol. The van der Waals surface area contributed by atoms with E-state index in [1.807, 2.05) is 0 Å². The fourth-order valence-electron chi connectivity index (χ4n) is 3.30. The Morgan fingerprint density at radius 2 is 1.92 bits per heavy atom. The van der Waals surface area contributed by atoms with Crippen molar-refractivity contribution in [2.75, 3.05) is 26.2 Å². The molecule has 0 spiro atoms. The van der Waals surface area contributed by atoms with Gasteiger partial charge in [-0.15, -0.1) is 0 Å². The second-order valence-corrected chi connectivity index (χ2v) is 7.01. The van der Waals surface area contributed by atoms with Gasteiger partial charge in [0.2, 0.25) is 11.8 Å². The Labute approximate surface area is 143 Å². The predicted molar refractivity (Wildman–Crippen MR) is 93.3 cm³/mol. The number of carbonyl (C=O) groups is 2. The Hall–Kier alpha value is -1.88. The van der Waals surface area contributed by atoms with Gasteiger partial charge in [0, 0.05) is 45.1 Å². The van der Waals surface area contributed by atoms with Crippen LogP contribution in [0.3, 0.4) is 0 Å². The van der Waals surface area contributed by atoms with Crippen LogP contribution in [0, 0.1) is 11.8 Å². The molecule has 5 nitrogen and oxygen atoms in total. The molecule has 3 rings (SSSR count). The fraction of sp³-hybridized carbons (Fsp3) is 0.579. The molecule has 2 unspecified atom stereocenters. The van der Waals surface area contributed by atoms with Gasteiger partial charge in [0.1, 0.15) is 0 Å². The molecule has 0 aromatic heterocycles. The maximum absolute atomic E-state index is 11.8. The average molecular weight is 329 g/mol. The van der Waals surface area contributed by atoms with E-state index in [1.165, 1.54) is 11.1 Å². The lowest BCUT2D eigenvalue weighted by Crippen LogP contribution is -2.38. The van der Waals surface area contributed by atoms with Crippen LogP contribution < -0.4 is 10.6 Å². The molecule has 1 aromatic rings. The molecule has 24 heavy (non-hydrogen) atoms. The number of amides is 2. The lowest BCUT2D eigenvalue weighted by Gasteiger charge is -2.28. The van der Waals surface area contributed by atoms with Crippen LogP contribution in [-0.4, -0.2) is 42.9 Å². The predicted octanol–water partition coefficient (Wildman–Crippen LogP) is 1.32. The highest BCUT2D eigenvalue weighted by atomic mass is 16.2. The van der Waals surface area contributed by atoms with E-state index in [4.69, 9.17) is 0 Å². The van der Waals surface area contributed by atoms with E-state index in [-0.39, 0.29) is 17.7 Å². The van der Waals surface area contributed by atoms with Gasteiger partial charge >= 0.3 is 0 Å². The first-order chi connectivity index (χ1) is 11.6. The van der Waals surface area contributed by atoms with Crippen molar-refractivity contribution >= 4 is 11.8 Å². The SMILES string of the molecule is CC1CC1C(=O)NCCC(=O)NCCN1CCc2ccccc2C1. The molecule has 0 radical (unpaired) electrons. The Balaban J connectivity index is 1.28. The van der Waals surface area contributed by atoms with Crippen LogP contribution in [0.2, 0.25) is 0 Å². The number of carbonyl (C=O) groups excluding carboxylic acids is 2. The zero-order valence-electron chi connectivity index (χ0n) is 14.4. The summed E-state index contributed by atoms with van der Waals surface area (Å²) in [5, 5.41) is 5.80. The van der Waals surface area contributed by atoms with Gasteiger partial charge in [0.05, 0.1) is 0 Å². The van der Waals surface area contributed by atoms with Crippen molar-refractivity contribution in [3.8, 4) is 0 Å². The largest absolute Gasteiger partial charge is 0.355 e. The summed E-state index contributed by atoms with van der Waals surface area (Å²) < 4.78 is 0. The van der Waals surface area contributed by atoms with E-state index in [0.29, 0.717) is 25.4 Å². The summed E-state index contributed by atoms with van der Waals surface area (Å²) in [6, 6.07) is 8.56. The first-order valence-electron chi connectivity index (χ1n) is 8.97. The summed E-state index contributed by atoms with van der Waals surface area (Å²) >= 11 is 0. The minimum Gasteiger partial charge on any atom is -0.355 e. The summed E-state index contributed by atoms with van der Waals surface area (Å²) in [5.74, 6) is 0.794. The second-order valence-electron chi connectivity index (χ2n) is 7.01. The molecule has 2 atom stereocenters. The van der Waals surface area contributed by atoms with Crippen molar-refractivity contribution in [2.45, 2.75) is 32.7 Å². The molecule has 2 N–H and O–H groups in total. The molecule has 0 bridgehead atoms. The van der Waals surface area contributed by atoms with Gasteiger partial charge in [0.15, 0.2) is 0 Å². The number of nitrogens with one attached hydrogen (secondary N) is 2. The minimum atomic E-state index is 0.0107. The summed E-state index contributed by atoms with van der Waals surface area (Å²) in [6.45, 7) is 6.05. The van der Waals surface area contributed by atoms with Crippen LogP contribution in [0.5, 0.6) is 0 Å². The Kier molecular flexibility index (Phi) is 5.51. The molecule has 130 valence electrons. The van der Waals surface area contributed by atoms with Gasteiger partial charge < -0.3 is 10.6 Å². The van der Waals surface area contributed by atoms with Gasteiger partial charge in [-0.25, -0.2) is 0 Å².